The summed E-state index contributed by atoms with van der Waals surface area (Å²) < 4.78 is 6.10. The average molecular weight is 395 g/mol. The van der Waals surface area contributed by atoms with Crippen molar-refractivity contribution in [1.29, 1.82) is 0 Å². The Hall–Kier alpha value is -1.89. The molecule has 2 N–H and O–H groups in total. The largest absolute Gasteiger partial charge is 0.488 e. The zero-order valence-corrected chi connectivity index (χ0v) is 18.5. The predicted octanol–water partition coefficient (Wildman–Crippen LogP) is 2.66. The number of guanidine groups is 1. The third-order valence-corrected chi connectivity index (χ3v) is 4.16. The molecular formula is C20H34N4O2S. The number of nitrogens with zero attached hydrogens (tertiary/aromatic N) is 2. The van der Waals surface area contributed by atoms with E-state index in [-0.39, 0.29) is 18.1 Å². The minimum Gasteiger partial charge on any atom is -0.488 e. The highest BCUT2D eigenvalue weighted by Crippen LogP contribution is 2.25. The highest BCUT2D eigenvalue weighted by atomic mass is 32.2. The van der Waals surface area contributed by atoms with Crippen molar-refractivity contribution in [3.63, 3.8) is 0 Å². The second kappa shape index (κ2) is 11.1. The third kappa shape index (κ3) is 9.56. The van der Waals surface area contributed by atoms with Gasteiger partial charge in [0.05, 0.1) is 13.1 Å². The average Bonchev–Trinajstić information content (AvgIpc) is 2.56. The van der Waals surface area contributed by atoms with E-state index >= 15 is 0 Å². The van der Waals surface area contributed by atoms with Crippen LogP contribution in [0, 0.1) is 6.92 Å². The van der Waals surface area contributed by atoms with Crippen LogP contribution in [0.15, 0.2) is 23.2 Å². The van der Waals surface area contributed by atoms with Gasteiger partial charge in [-0.25, -0.2) is 4.99 Å². The molecule has 0 atom stereocenters. The number of rotatable bonds is 8. The predicted molar refractivity (Wildman–Crippen MR) is 116 cm³/mol. The number of likely N-dealkylation sites (N-methyl/N-ethyl adjacent to an activating group) is 1. The maximum atomic E-state index is 11.9. The maximum Gasteiger partial charge on any atom is 0.241 e. The van der Waals surface area contributed by atoms with Crippen LogP contribution in [-0.2, 0) is 11.3 Å². The lowest BCUT2D eigenvalue weighted by Gasteiger charge is -2.23. The lowest BCUT2D eigenvalue weighted by molar-refractivity contribution is -0.127. The van der Waals surface area contributed by atoms with E-state index in [2.05, 4.69) is 27.9 Å². The molecule has 0 spiro atoms. The topological polar surface area (TPSA) is 66.0 Å². The molecule has 0 bridgehead atoms. The number of carbonyl (C=O) groups is 1. The van der Waals surface area contributed by atoms with Gasteiger partial charge in [0.25, 0.3) is 0 Å². The molecule has 1 amide bonds. The number of aryl methyl sites for hydroxylation is 1. The van der Waals surface area contributed by atoms with Gasteiger partial charge >= 0.3 is 0 Å². The van der Waals surface area contributed by atoms with E-state index in [4.69, 9.17) is 4.74 Å². The standard InChI is InChI=1S/C20H34N4O2S/c1-15-8-9-16(17(12-15)26-20(2,3)4)13-22-19(21-10-11-27-7)23-14-18(25)24(5)6/h8-9,12H,10-11,13-14H2,1-7H3,(H2,21,22,23). The fourth-order valence-corrected chi connectivity index (χ4v) is 2.45. The van der Waals surface area contributed by atoms with Gasteiger partial charge in [-0.15, -0.1) is 0 Å². The first kappa shape index (κ1) is 23.1. The Labute approximate surface area is 168 Å². The van der Waals surface area contributed by atoms with Gasteiger partial charge in [-0.2, -0.15) is 11.8 Å². The van der Waals surface area contributed by atoms with Gasteiger partial charge < -0.3 is 20.3 Å². The number of aliphatic imine (C=N–C) groups is 1. The second-order valence-electron chi connectivity index (χ2n) is 7.55. The van der Waals surface area contributed by atoms with Crippen LogP contribution in [0.25, 0.3) is 0 Å². The third-order valence-electron chi connectivity index (χ3n) is 3.55. The van der Waals surface area contributed by atoms with Crippen LogP contribution in [0.3, 0.4) is 0 Å². The normalized spacial score (nSPS) is 11.9. The molecule has 0 aromatic heterocycles. The summed E-state index contributed by atoms with van der Waals surface area (Å²) in [6, 6.07) is 6.15. The van der Waals surface area contributed by atoms with E-state index < -0.39 is 0 Å². The van der Waals surface area contributed by atoms with E-state index in [0.29, 0.717) is 12.5 Å². The van der Waals surface area contributed by atoms with Gasteiger partial charge in [-0.05, 0) is 45.6 Å². The maximum absolute atomic E-state index is 11.9. The van der Waals surface area contributed by atoms with E-state index in [1.54, 1.807) is 30.8 Å². The molecule has 27 heavy (non-hydrogen) atoms. The zero-order valence-electron chi connectivity index (χ0n) is 17.7. The SMILES string of the molecule is CSCCNC(=NCc1ccc(C)cc1OC(C)(C)C)NCC(=O)N(C)C. The number of hydrogen-bond donors (Lipinski definition) is 2. The van der Waals surface area contributed by atoms with E-state index in [1.807, 2.05) is 39.8 Å². The summed E-state index contributed by atoms with van der Waals surface area (Å²) in [5, 5.41) is 6.38. The zero-order chi connectivity index (χ0) is 20.4. The van der Waals surface area contributed by atoms with Crippen LogP contribution in [0.2, 0.25) is 0 Å². The molecule has 0 fully saturated rings. The summed E-state index contributed by atoms with van der Waals surface area (Å²) in [5.74, 6) is 2.44. The number of amides is 1. The molecule has 0 aliphatic heterocycles. The van der Waals surface area contributed by atoms with E-state index in [1.165, 1.54) is 0 Å². The van der Waals surface area contributed by atoms with Gasteiger partial charge in [-0.3, -0.25) is 4.79 Å². The summed E-state index contributed by atoms with van der Waals surface area (Å²) in [6.45, 7) is 9.60. The van der Waals surface area contributed by atoms with Crippen molar-refractivity contribution < 1.29 is 9.53 Å². The number of benzene rings is 1. The smallest absolute Gasteiger partial charge is 0.241 e. The highest BCUT2D eigenvalue weighted by Gasteiger charge is 2.15. The Kier molecular flexibility index (Phi) is 9.49. The Morgan fingerprint density at radius 3 is 2.56 bits per heavy atom. The molecule has 152 valence electrons. The molecule has 7 heteroatoms. The Morgan fingerprint density at radius 1 is 1.26 bits per heavy atom. The highest BCUT2D eigenvalue weighted by molar-refractivity contribution is 7.98. The summed E-state index contributed by atoms with van der Waals surface area (Å²) in [4.78, 5) is 18.1. The lowest BCUT2D eigenvalue weighted by Crippen LogP contribution is -2.43. The van der Waals surface area contributed by atoms with Crippen LogP contribution in [0.5, 0.6) is 5.75 Å². The Bertz CT molecular complexity index is 639. The molecule has 0 saturated carbocycles. The van der Waals surface area contributed by atoms with Gasteiger partial charge in [0.2, 0.25) is 5.91 Å². The molecule has 1 aromatic carbocycles. The summed E-state index contributed by atoms with van der Waals surface area (Å²) in [7, 11) is 3.48. The molecule has 0 aliphatic rings. The van der Waals surface area contributed by atoms with Crippen LogP contribution in [-0.4, -0.2) is 61.6 Å². The van der Waals surface area contributed by atoms with Crippen molar-refractivity contribution in [2.24, 2.45) is 4.99 Å². The van der Waals surface area contributed by atoms with Crippen LogP contribution >= 0.6 is 11.8 Å². The first-order chi connectivity index (χ1) is 12.6. The van der Waals surface area contributed by atoms with Crippen LogP contribution in [0.1, 0.15) is 31.9 Å². The molecule has 0 radical (unpaired) electrons. The monoisotopic (exact) mass is 394 g/mol. The summed E-state index contributed by atoms with van der Waals surface area (Å²) in [6.07, 6.45) is 2.06. The van der Waals surface area contributed by atoms with Crippen LogP contribution in [0.4, 0.5) is 0 Å². The minimum absolute atomic E-state index is 0.00135. The molecule has 1 rings (SSSR count). The van der Waals surface area contributed by atoms with E-state index in [9.17, 15) is 4.79 Å². The van der Waals surface area contributed by atoms with Gasteiger partial charge in [0.1, 0.15) is 11.4 Å². The number of ether oxygens (including phenoxy) is 1. The fourth-order valence-electron chi connectivity index (χ4n) is 2.14. The Balaban J connectivity index is 2.91. The second-order valence-corrected chi connectivity index (χ2v) is 8.54. The van der Waals surface area contributed by atoms with Crippen LogP contribution < -0.4 is 15.4 Å². The number of nitrogens with one attached hydrogen (secondary N) is 2. The van der Waals surface area contributed by atoms with Gasteiger partial charge in [0, 0.05) is 32.0 Å². The molecule has 0 saturated heterocycles. The van der Waals surface area contributed by atoms with Crippen molar-refractivity contribution in [1.82, 2.24) is 15.5 Å². The number of thioether (sulfide) groups is 1. The number of hydrogen-bond acceptors (Lipinski definition) is 4. The molecule has 6 nitrogen and oxygen atoms in total. The minimum atomic E-state index is -0.276. The molecule has 1 aromatic rings. The van der Waals surface area contributed by atoms with Crippen molar-refractivity contribution in [2.75, 3.05) is 39.2 Å². The van der Waals surface area contributed by atoms with Crippen molar-refractivity contribution >= 4 is 23.6 Å². The number of carbonyl (C=O) groups excluding carboxylic acids is 1. The first-order valence-electron chi connectivity index (χ1n) is 9.12. The lowest BCUT2D eigenvalue weighted by atomic mass is 10.1. The van der Waals surface area contributed by atoms with Crippen molar-refractivity contribution in [3.05, 3.63) is 29.3 Å². The Morgan fingerprint density at radius 2 is 1.96 bits per heavy atom. The quantitative estimate of drug-likeness (QED) is 0.403. The van der Waals surface area contributed by atoms with Gasteiger partial charge in [0.15, 0.2) is 5.96 Å². The first-order valence-corrected chi connectivity index (χ1v) is 10.5. The molecule has 0 aliphatic carbocycles. The molecular weight excluding hydrogens is 360 g/mol. The summed E-state index contributed by atoms with van der Waals surface area (Å²) in [5.41, 5.74) is 1.89. The van der Waals surface area contributed by atoms with Gasteiger partial charge in [-0.1, -0.05) is 12.1 Å². The van der Waals surface area contributed by atoms with E-state index in [0.717, 1.165) is 29.2 Å². The summed E-state index contributed by atoms with van der Waals surface area (Å²) >= 11 is 1.76. The molecule has 0 heterocycles. The fraction of sp³-hybridized carbons (Fsp3) is 0.600. The van der Waals surface area contributed by atoms with Crippen molar-refractivity contribution in [3.8, 4) is 5.75 Å². The van der Waals surface area contributed by atoms with Crippen molar-refractivity contribution in [2.45, 2.75) is 39.8 Å². The molecule has 0 unspecified atom stereocenters.